The van der Waals surface area contributed by atoms with Crippen LogP contribution < -0.4 is 0 Å². The third-order valence-electron chi connectivity index (χ3n) is 2.93. The van der Waals surface area contributed by atoms with E-state index in [-0.39, 0.29) is 0 Å². The normalized spacial score (nSPS) is 12.2. The van der Waals surface area contributed by atoms with Crippen LogP contribution >= 0.6 is 0 Å². The second-order valence-corrected chi connectivity index (χ2v) is 11.7. The molecule has 0 unspecified atom stereocenters. The van der Waals surface area contributed by atoms with Crippen LogP contribution in [-0.4, -0.2) is 24.5 Å². The van der Waals surface area contributed by atoms with Crippen LogP contribution in [0, 0.1) is 6.92 Å². The number of nitrogens with zero attached hydrogens (tertiary/aromatic N) is 2. The van der Waals surface area contributed by atoms with Crippen molar-refractivity contribution in [2.24, 2.45) is 0 Å². The summed E-state index contributed by atoms with van der Waals surface area (Å²) in [5.41, 5.74) is 2.30. The molecule has 0 aliphatic heterocycles. The molecule has 0 N–H and O–H groups in total. The Morgan fingerprint density at radius 2 is 2.06 bits per heavy atom. The number of hydrogen-bond donors (Lipinski definition) is 0. The van der Waals surface area contributed by atoms with E-state index in [0.29, 0.717) is 6.73 Å². The SMILES string of the molecule is Cc1ccc2nn(COCC[Si](C)(C)C)cc2c1. The number of aromatic nitrogens is 2. The lowest BCUT2D eigenvalue weighted by atomic mass is 10.2. The Labute approximate surface area is 110 Å². The first-order valence-electron chi connectivity index (χ1n) is 6.46. The molecule has 2 aromatic rings. The Balaban J connectivity index is 1.92. The fraction of sp³-hybridized carbons (Fsp3) is 0.500. The lowest BCUT2D eigenvalue weighted by Gasteiger charge is -2.15. The van der Waals surface area contributed by atoms with E-state index in [9.17, 15) is 0 Å². The quantitative estimate of drug-likeness (QED) is 0.607. The van der Waals surface area contributed by atoms with Crippen LogP contribution in [0.2, 0.25) is 25.7 Å². The lowest BCUT2D eigenvalue weighted by Crippen LogP contribution is -2.22. The van der Waals surface area contributed by atoms with Gasteiger partial charge in [-0.15, -0.1) is 0 Å². The summed E-state index contributed by atoms with van der Waals surface area (Å²) in [6.07, 6.45) is 2.05. The Morgan fingerprint density at radius 1 is 1.28 bits per heavy atom. The molecule has 1 aromatic heterocycles. The minimum Gasteiger partial charge on any atom is -0.360 e. The highest BCUT2D eigenvalue weighted by atomic mass is 28.3. The molecule has 1 aromatic carbocycles. The maximum absolute atomic E-state index is 5.69. The molecular weight excluding hydrogens is 240 g/mol. The Morgan fingerprint density at radius 3 is 2.78 bits per heavy atom. The molecule has 4 heteroatoms. The van der Waals surface area contributed by atoms with E-state index in [1.807, 2.05) is 4.68 Å². The fourth-order valence-electron chi connectivity index (χ4n) is 1.80. The van der Waals surface area contributed by atoms with Crippen LogP contribution in [-0.2, 0) is 11.5 Å². The number of fused-ring (bicyclic) bond motifs is 1. The summed E-state index contributed by atoms with van der Waals surface area (Å²) in [5, 5.41) is 5.67. The van der Waals surface area contributed by atoms with Gasteiger partial charge in [-0.05, 0) is 25.1 Å². The highest BCUT2D eigenvalue weighted by Gasteiger charge is 2.12. The van der Waals surface area contributed by atoms with Crippen molar-refractivity contribution in [3.8, 4) is 0 Å². The van der Waals surface area contributed by atoms with E-state index in [0.717, 1.165) is 12.1 Å². The number of hydrogen-bond acceptors (Lipinski definition) is 2. The zero-order chi connectivity index (χ0) is 13.2. The maximum atomic E-state index is 5.69. The van der Waals surface area contributed by atoms with Crippen molar-refractivity contribution in [3.63, 3.8) is 0 Å². The second-order valence-electron chi connectivity index (χ2n) is 6.08. The predicted molar refractivity (Wildman–Crippen MR) is 78.6 cm³/mol. The molecule has 0 atom stereocenters. The van der Waals surface area contributed by atoms with Gasteiger partial charge in [0.15, 0.2) is 0 Å². The van der Waals surface area contributed by atoms with Crippen molar-refractivity contribution in [1.82, 2.24) is 9.78 Å². The van der Waals surface area contributed by atoms with Crippen LogP contribution in [0.4, 0.5) is 0 Å². The summed E-state index contributed by atoms with van der Waals surface area (Å²) in [7, 11) is -0.989. The van der Waals surface area contributed by atoms with E-state index >= 15 is 0 Å². The minimum atomic E-state index is -0.989. The highest BCUT2D eigenvalue weighted by Crippen LogP contribution is 2.14. The van der Waals surface area contributed by atoms with Crippen molar-refractivity contribution in [1.29, 1.82) is 0 Å². The fourth-order valence-corrected chi connectivity index (χ4v) is 2.56. The van der Waals surface area contributed by atoms with Gasteiger partial charge in [0, 0.05) is 26.3 Å². The van der Waals surface area contributed by atoms with Crippen molar-refractivity contribution in [3.05, 3.63) is 30.0 Å². The smallest absolute Gasteiger partial charge is 0.139 e. The molecular formula is C14H22N2OSi. The standard InChI is InChI=1S/C14H22N2OSi/c1-12-5-6-14-13(9-12)10-16(15-14)11-17-7-8-18(2,3)4/h5-6,9-10H,7-8,11H2,1-4H3. The van der Waals surface area contributed by atoms with Crippen LogP contribution in [0.15, 0.2) is 24.4 Å². The van der Waals surface area contributed by atoms with Crippen molar-refractivity contribution in [2.45, 2.75) is 39.3 Å². The molecule has 0 bridgehead atoms. The minimum absolute atomic E-state index is 0.554. The molecule has 18 heavy (non-hydrogen) atoms. The first kappa shape index (κ1) is 13.3. The van der Waals surface area contributed by atoms with Gasteiger partial charge in [-0.1, -0.05) is 31.3 Å². The zero-order valence-corrected chi connectivity index (χ0v) is 12.7. The third-order valence-corrected chi connectivity index (χ3v) is 4.63. The summed E-state index contributed by atoms with van der Waals surface area (Å²) >= 11 is 0. The molecule has 0 saturated carbocycles. The van der Waals surface area contributed by atoms with E-state index in [1.165, 1.54) is 17.0 Å². The monoisotopic (exact) mass is 262 g/mol. The van der Waals surface area contributed by atoms with Crippen molar-refractivity contribution < 1.29 is 4.74 Å². The van der Waals surface area contributed by atoms with Gasteiger partial charge in [0.2, 0.25) is 0 Å². The average Bonchev–Trinajstić information content (AvgIpc) is 2.65. The molecule has 0 fully saturated rings. The predicted octanol–water partition coefficient (Wildman–Crippen LogP) is 3.66. The largest absolute Gasteiger partial charge is 0.360 e. The maximum Gasteiger partial charge on any atom is 0.139 e. The van der Waals surface area contributed by atoms with Crippen LogP contribution in [0.25, 0.3) is 10.9 Å². The third kappa shape index (κ3) is 3.68. The second kappa shape index (κ2) is 5.24. The number of rotatable bonds is 5. The number of aryl methyl sites for hydroxylation is 1. The van der Waals surface area contributed by atoms with Crippen molar-refractivity contribution >= 4 is 19.0 Å². The van der Waals surface area contributed by atoms with Crippen LogP contribution in [0.1, 0.15) is 5.56 Å². The van der Waals surface area contributed by atoms with Gasteiger partial charge in [-0.3, -0.25) is 0 Å². The summed E-state index contributed by atoms with van der Waals surface area (Å²) in [5.74, 6) is 0. The highest BCUT2D eigenvalue weighted by molar-refractivity contribution is 6.76. The molecule has 0 radical (unpaired) electrons. The summed E-state index contributed by atoms with van der Waals surface area (Å²) in [6, 6.07) is 7.50. The lowest BCUT2D eigenvalue weighted by molar-refractivity contribution is 0.0791. The van der Waals surface area contributed by atoms with Gasteiger partial charge < -0.3 is 4.74 Å². The van der Waals surface area contributed by atoms with E-state index < -0.39 is 8.07 Å². The molecule has 0 aliphatic rings. The molecule has 0 aliphatic carbocycles. The zero-order valence-electron chi connectivity index (χ0n) is 11.7. The Bertz CT molecular complexity index is 528. The molecule has 0 saturated heterocycles. The van der Waals surface area contributed by atoms with Crippen LogP contribution in [0.3, 0.4) is 0 Å². The molecule has 0 amide bonds. The molecule has 1 heterocycles. The van der Waals surface area contributed by atoms with Gasteiger partial charge in [0.05, 0.1) is 5.52 Å². The summed E-state index contributed by atoms with van der Waals surface area (Å²) < 4.78 is 7.57. The van der Waals surface area contributed by atoms with Crippen LogP contribution in [0.5, 0.6) is 0 Å². The van der Waals surface area contributed by atoms with Gasteiger partial charge in [0.1, 0.15) is 6.73 Å². The van der Waals surface area contributed by atoms with Gasteiger partial charge >= 0.3 is 0 Å². The number of benzene rings is 1. The topological polar surface area (TPSA) is 27.1 Å². The average molecular weight is 262 g/mol. The van der Waals surface area contributed by atoms with E-state index in [2.05, 4.69) is 56.1 Å². The van der Waals surface area contributed by atoms with E-state index in [1.54, 1.807) is 0 Å². The van der Waals surface area contributed by atoms with Crippen molar-refractivity contribution in [2.75, 3.05) is 6.61 Å². The van der Waals surface area contributed by atoms with Gasteiger partial charge in [-0.2, -0.15) is 5.10 Å². The molecule has 0 spiro atoms. The molecule has 2 rings (SSSR count). The Hall–Kier alpha value is -1.13. The van der Waals surface area contributed by atoms with Gasteiger partial charge in [0.25, 0.3) is 0 Å². The van der Waals surface area contributed by atoms with E-state index in [4.69, 9.17) is 4.74 Å². The number of ether oxygens (including phenoxy) is 1. The van der Waals surface area contributed by atoms with Gasteiger partial charge in [-0.25, -0.2) is 4.68 Å². The summed E-state index contributed by atoms with van der Waals surface area (Å²) in [6.45, 7) is 10.6. The Kier molecular flexibility index (Phi) is 3.87. The molecule has 3 nitrogen and oxygen atoms in total. The molecule has 98 valence electrons. The summed E-state index contributed by atoms with van der Waals surface area (Å²) in [4.78, 5) is 0. The first-order chi connectivity index (χ1) is 8.44. The first-order valence-corrected chi connectivity index (χ1v) is 10.2.